The van der Waals surface area contributed by atoms with Crippen LogP contribution in [-0.4, -0.2) is 21.9 Å². The summed E-state index contributed by atoms with van der Waals surface area (Å²) in [7, 11) is 0. The summed E-state index contributed by atoms with van der Waals surface area (Å²) in [5.74, 6) is -0.981. The number of hydrogen-bond donors (Lipinski definition) is 0. The predicted octanol–water partition coefficient (Wildman–Crippen LogP) is 4.25. The summed E-state index contributed by atoms with van der Waals surface area (Å²) in [4.78, 5) is 17.0. The van der Waals surface area contributed by atoms with Gasteiger partial charge in [0.2, 0.25) is 6.19 Å². The number of nitriles is 2. The number of halogens is 2. The highest BCUT2D eigenvalue weighted by Gasteiger charge is 2.30. The zero-order chi connectivity index (χ0) is 20.5. The second-order valence-electron chi connectivity index (χ2n) is 6.15. The summed E-state index contributed by atoms with van der Waals surface area (Å²) in [6.07, 6.45) is 2.72. The van der Waals surface area contributed by atoms with Crippen molar-refractivity contribution >= 4 is 17.6 Å². The van der Waals surface area contributed by atoms with Crippen molar-refractivity contribution in [3.05, 3.63) is 65.0 Å². The van der Waals surface area contributed by atoms with Gasteiger partial charge in [0.1, 0.15) is 35.3 Å². The van der Waals surface area contributed by atoms with Crippen LogP contribution in [0.4, 0.5) is 14.5 Å². The Morgan fingerprint density at radius 3 is 2.34 bits per heavy atom. The number of aryl methyl sites for hydroxylation is 1. The summed E-state index contributed by atoms with van der Waals surface area (Å²) in [6.45, 7) is 1.73. The number of fused-ring (bicyclic) bond motifs is 3. The summed E-state index contributed by atoms with van der Waals surface area (Å²) >= 11 is 0. The van der Waals surface area contributed by atoms with Crippen molar-refractivity contribution in [2.24, 2.45) is 9.98 Å². The van der Waals surface area contributed by atoms with Gasteiger partial charge in [-0.05, 0) is 37.3 Å². The number of rotatable bonds is 2. The Balaban J connectivity index is 1.98. The molecule has 29 heavy (non-hydrogen) atoms. The van der Waals surface area contributed by atoms with Gasteiger partial charge in [-0.25, -0.2) is 23.7 Å². The molecule has 0 saturated carbocycles. The molecule has 0 radical (unpaired) electrons. The fourth-order valence-corrected chi connectivity index (χ4v) is 3.25. The Labute approximate surface area is 164 Å². The second kappa shape index (κ2) is 7.02. The van der Waals surface area contributed by atoms with Crippen LogP contribution >= 0.6 is 0 Å². The van der Waals surface area contributed by atoms with Gasteiger partial charge in [0, 0.05) is 22.8 Å². The third-order valence-electron chi connectivity index (χ3n) is 4.42. The molecule has 0 aliphatic heterocycles. The Bertz CT molecular complexity index is 1310. The summed E-state index contributed by atoms with van der Waals surface area (Å²) in [5.41, 5.74) is 3.68. The van der Waals surface area contributed by atoms with Crippen LogP contribution in [0.1, 0.15) is 17.0 Å². The van der Waals surface area contributed by atoms with E-state index in [1.165, 1.54) is 30.3 Å². The molecular formula is C21H10F2N6. The first-order chi connectivity index (χ1) is 14.0. The summed E-state index contributed by atoms with van der Waals surface area (Å²) in [5, 5.41) is 17.8. The van der Waals surface area contributed by atoms with Crippen molar-refractivity contribution < 1.29 is 8.78 Å². The normalized spacial score (nSPS) is 13.2. The van der Waals surface area contributed by atoms with Crippen molar-refractivity contribution in [2.45, 2.75) is 6.92 Å². The molecule has 0 atom stereocenters. The number of benzene rings is 2. The van der Waals surface area contributed by atoms with E-state index in [0.29, 0.717) is 39.5 Å². The molecule has 1 heterocycles. The number of nitrogens with zero attached hydrogens (tertiary/aromatic N) is 6. The molecule has 4 rings (SSSR count). The molecule has 0 amide bonds. The van der Waals surface area contributed by atoms with Gasteiger partial charge in [0.25, 0.3) is 0 Å². The molecule has 138 valence electrons. The van der Waals surface area contributed by atoms with E-state index in [-0.39, 0.29) is 11.4 Å². The SMILES string of the molecule is Cc1nc2c(nc1-c1ccc(F)cc1/N=C\C#N)/C(=N/C#N)c1cc(F)ccc1-2. The molecule has 3 aromatic rings. The highest BCUT2D eigenvalue weighted by atomic mass is 19.1. The summed E-state index contributed by atoms with van der Waals surface area (Å²) in [6, 6.07) is 9.85. The molecule has 6 nitrogen and oxygen atoms in total. The topological polar surface area (TPSA) is 98.1 Å². The molecule has 0 bridgehead atoms. The zero-order valence-corrected chi connectivity index (χ0v) is 15.0. The molecule has 1 aromatic heterocycles. The van der Waals surface area contributed by atoms with Gasteiger partial charge in [0.05, 0.1) is 22.8 Å². The lowest BCUT2D eigenvalue weighted by Gasteiger charge is -2.10. The van der Waals surface area contributed by atoms with Crippen molar-refractivity contribution in [3.8, 4) is 34.8 Å². The fourth-order valence-electron chi connectivity index (χ4n) is 3.25. The van der Waals surface area contributed by atoms with Gasteiger partial charge < -0.3 is 0 Å². The molecule has 0 fully saturated rings. The number of hydrogen-bond acceptors (Lipinski definition) is 6. The van der Waals surface area contributed by atoms with Crippen molar-refractivity contribution in [2.75, 3.05) is 0 Å². The Morgan fingerprint density at radius 2 is 1.62 bits per heavy atom. The highest BCUT2D eigenvalue weighted by molar-refractivity contribution is 6.23. The van der Waals surface area contributed by atoms with Crippen molar-refractivity contribution in [1.29, 1.82) is 10.5 Å². The van der Waals surface area contributed by atoms with E-state index in [9.17, 15) is 8.78 Å². The molecule has 1 aliphatic carbocycles. The van der Waals surface area contributed by atoms with Gasteiger partial charge in [-0.3, -0.25) is 0 Å². The van der Waals surface area contributed by atoms with E-state index in [0.717, 1.165) is 6.21 Å². The third-order valence-corrected chi connectivity index (χ3v) is 4.42. The Morgan fingerprint density at radius 1 is 0.897 bits per heavy atom. The van der Waals surface area contributed by atoms with Crippen LogP contribution in [0.3, 0.4) is 0 Å². The van der Waals surface area contributed by atoms with Crippen LogP contribution < -0.4 is 0 Å². The Kier molecular flexibility index (Phi) is 4.38. The molecule has 0 spiro atoms. The summed E-state index contributed by atoms with van der Waals surface area (Å²) < 4.78 is 27.5. The minimum atomic E-state index is -0.514. The van der Waals surface area contributed by atoms with Crippen molar-refractivity contribution in [3.63, 3.8) is 0 Å². The highest BCUT2D eigenvalue weighted by Crippen LogP contribution is 2.39. The number of aromatic nitrogens is 2. The molecule has 0 N–H and O–H groups in total. The molecule has 0 unspecified atom stereocenters. The van der Waals surface area contributed by atoms with Crippen LogP contribution in [0, 0.1) is 41.3 Å². The Hall–Kier alpha value is -4.30. The molecule has 1 aliphatic rings. The first kappa shape index (κ1) is 18.1. The van der Waals surface area contributed by atoms with Crippen LogP contribution in [0.5, 0.6) is 0 Å². The quantitative estimate of drug-likeness (QED) is 0.381. The van der Waals surface area contributed by atoms with E-state index in [2.05, 4.69) is 20.0 Å². The maximum Gasteiger partial charge on any atom is 0.206 e. The van der Waals surface area contributed by atoms with Crippen LogP contribution in [0.25, 0.3) is 22.5 Å². The van der Waals surface area contributed by atoms with Crippen LogP contribution in [-0.2, 0) is 0 Å². The maximum atomic E-state index is 13.8. The van der Waals surface area contributed by atoms with E-state index < -0.39 is 11.6 Å². The molecule has 8 heteroatoms. The van der Waals surface area contributed by atoms with Gasteiger partial charge in [-0.1, -0.05) is 0 Å². The minimum Gasteiger partial charge on any atom is -0.248 e. The van der Waals surface area contributed by atoms with Gasteiger partial charge in [0.15, 0.2) is 0 Å². The monoisotopic (exact) mass is 384 g/mol. The smallest absolute Gasteiger partial charge is 0.206 e. The third kappa shape index (κ3) is 3.03. The fraction of sp³-hybridized carbons (Fsp3) is 0.0476. The molecule has 0 saturated heterocycles. The predicted molar refractivity (Wildman–Crippen MR) is 103 cm³/mol. The van der Waals surface area contributed by atoms with Gasteiger partial charge >= 0.3 is 0 Å². The lowest BCUT2D eigenvalue weighted by atomic mass is 10.1. The average molecular weight is 384 g/mol. The van der Waals surface area contributed by atoms with Gasteiger partial charge in [-0.2, -0.15) is 15.5 Å². The second-order valence-corrected chi connectivity index (χ2v) is 6.15. The lowest BCUT2D eigenvalue weighted by Crippen LogP contribution is -2.05. The van der Waals surface area contributed by atoms with Crippen molar-refractivity contribution in [1.82, 2.24) is 9.97 Å². The lowest BCUT2D eigenvalue weighted by molar-refractivity contribution is 0.627. The largest absolute Gasteiger partial charge is 0.248 e. The zero-order valence-electron chi connectivity index (χ0n) is 15.0. The molecule has 2 aromatic carbocycles. The van der Waals surface area contributed by atoms with E-state index >= 15 is 0 Å². The minimum absolute atomic E-state index is 0.212. The number of aliphatic imine (C=N–C) groups is 2. The first-order valence-electron chi connectivity index (χ1n) is 8.41. The first-order valence-corrected chi connectivity index (χ1v) is 8.41. The van der Waals surface area contributed by atoms with Crippen LogP contribution in [0.15, 0.2) is 46.4 Å². The van der Waals surface area contributed by atoms with E-state index in [1.54, 1.807) is 25.3 Å². The maximum absolute atomic E-state index is 13.8. The standard InChI is InChI=1S/C21H10F2N6/c1-11-18(15-5-3-13(23)9-17(15)26-7-6-24)29-21-19(27-10-25)16-8-12(22)2-4-14(16)20(21)28-11/h2-5,7-9H,1H3/b26-7-,27-19+. The van der Waals surface area contributed by atoms with E-state index in [1.807, 2.05) is 0 Å². The van der Waals surface area contributed by atoms with Gasteiger partial charge in [-0.15, -0.1) is 0 Å². The molecular weight excluding hydrogens is 374 g/mol. The van der Waals surface area contributed by atoms with Crippen LogP contribution in [0.2, 0.25) is 0 Å². The average Bonchev–Trinajstić information content (AvgIpc) is 2.98. The van der Waals surface area contributed by atoms with E-state index in [4.69, 9.17) is 10.5 Å².